The van der Waals surface area contributed by atoms with Crippen molar-refractivity contribution in [2.75, 3.05) is 26.2 Å². The van der Waals surface area contributed by atoms with E-state index in [1.54, 1.807) is 0 Å². The SMILES string of the molecule is c1ccc(CN2CCN(C(c3cccs3)c3nnnn3C3CCCCC3)CC2)cc1. The molecule has 1 atom stereocenters. The first kappa shape index (κ1) is 19.8. The van der Waals surface area contributed by atoms with Gasteiger partial charge in [0.15, 0.2) is 5.82 Å². The molecule has 0 N–H and O–H groups in total. The van der Waals surface area contributed by atoms with E-state index in [2.05, 4.69) is 77.9 Å². The molecule has 3 aromatic rings. The van der Waals surface area contributed by atoms with Crippen LogP contribution in [0.5, 0.6) is 0 Å². The Morgan fingerprint density at radius 1 is 0.933 bits per heavy atom. The molecule has 0 bridgehead atoms. The van der Waals surface area contributed by atoms with Crippen LogP contribution in [-0.2, 0) is 6.54 Å². The molecule has 1 saturated heterocycles. The van der Waals surface area contributed by atoms with Crippen molar-refractivity contribution in [1.82, 2.24) is 30.0 Å². The molecule has 6 nitrogen and oxygen atoms in total. The Balaban J connectivity index is 1.33. The van der Waals surface area contributed by atoms with E-state index in [-0.39, 0.29) is 6.04 Å². The van der Waals surface area contributed by atoms with E-state index >= 15 is 0 Å². The van der Waals surface area contributed by atoms with Crippen molar-refractivity contribution in [2.45, 2.75) is 50.7 Å². The van der Waals surface area contributed by atoms with Gasteiger partial charge in [0.05, 0.1) is 6.04 Å². The Kier molecular flexibility index (Phi) is 6.20. The van der Waals surface area contributed by atoms with Crippen LogP contribution in [0.3, 0.4) is 0 Å². The minimum Gasteiger partial charge on any atom is -0.297 e. The fraction of sp³-hybridized carbons (Fsp3) is 0.522. The summed E-state index contributed by atoms with van der Waals surface area (Å²) in [6, 6.07) is 15.8. The summed E-state index contributed by atoms with van der Waals surface area (Å²) in [5.41, 5.74) is 1.39. The number of tetrazole rings is 1. The third-order valence-corrected chi connectivity index (χ3v) is 7.44. The fourth-order valence-corrected chi connectivity index (χ4v) is 5.76. The van der Waals surface area contributed by atoms with E-state index in [9.17, 15) is 0 Å². The summed E-state index contributed by atoms with van der Waals surface area (Å²) < 4.78 is 2.15. The van der Waals surface area contributed by atoms with Crippen molar-refractivity contribution in [1.29, 1.82) is 0 Å². The molecule has 0 amide bonds. The molecule has 1 saturated carbocycles. The second-order valence-electron chi connectivity index (χ2n) is 8.49. The molecular formula is C23H30N6S. The van der Waals surface area contributed by atoms with Gasteiger partial charge in [-0.3, -0.25) is 9.80 Å². The van der Waals surface area contributed by atoms with Crippen LogP contribution in [0.1, 0.15) is 60.5 Å². The van der Waals surface area contributed by atoms with Crippen molar-refractivity contribution >= 4 is 11.3 Å². The summed E-state index contributed by atoms with van der Waals surface area (Å²) in [5.74, 6) is 1.03. The van der Waals surface area contributed by atoms with E-state index in [1.807, 2.05) is 11.3 Å². The lowest BCUT2D eigenvalue weighted by Crippen LogP contribution is -2.47. The number of benzene rings is 1. The van der Waals surface area contributed by atoms with Gasteiger partial charge < -0.3 is 0 Å². The first-order valence-corrected chi connectivity index (χ1v) is 12.1. The zero-order valence-electron chi connectivity index (χ0n) is 17.4. The predicted molar refractivity (Wildman–Crippen MR) is 119 cm³/mol. The zero-order valence-corrected chi connectivity index (χ0v) is 18.3. The standard InChI is InChI=1S/C23H30N6S/c1-3-8-19(9-4-1)18-27-13-15-28(16-14-27)22(21-12-7-17-30-21)23-24-25-26-29(23)20-10-5-2-6-11-20/h1,3-4,7-9,12,17,20,22H,2,5-6,10-11,13-16,18H2. The van der Waals surface area contributed by atoms with Gasteiger partial charge in [-0.15, -0.1) is 16.4 Å². The topological polar surface area (TPSA) is 50.1 Å². The second kappa shape index (κ2) is 9.37. The van der Waals surface area contributed by atoms with Gasteiger partial charge in [0.2, 0.25) is 0 Å². The Bertz CT molecular complexity index is 895. The van der Waals surface area contributed by atoms with Crippen LogP contribution < -0.4 is 0 Å². The molecule has 2 fully saturated rings. The van der Waals surface area contributed by atoms with E-state index in [1.165, 1.54) is 42.5 Å². The normalized spacial score (nSPS) is 20.4. The van der Waals surface area contributed by atoms with Crippen LogP contribution >= 0.6 is 11.3 Å². The molecule has 0 radical (unpaired) electrons. The smallest absolute Gasteiger partial charge is 0.174 e. The molecule has 2 aliphatic rings. The number of thiophene rings is 1. The molecule has 2 aromatic heterocycles. The lowest BCUT2D eigenvalue weighted by atomic mass is 9.95. The summed E-state index contributed by atoms with van der Waals surface area (Å²) in [5, 5.41) is 15.3. The Hall–Kier alpha value is -2.09. The number of nitrogens with zero attached hydrogens (tertiary/aromatic N) is 6. The third kappa shape index (κ3) is 4.33. The molecule has 3 heterocycles. The van der Waals surface area contributed by atoms with Gasteiger partial charge >= 0.3 is 0 Å². The maximum Gasteiger partial charge on any atom is 0.174 e. The van der Waals surface area contributed by atoms with Crippen LogP contribution in [0.2, 0.25) is 0 Å². The number of aromatic nitrogens is 4. The van der Waals surface area contributed by atoms with Crippen molar-refractivity contribution in [2.24, 2.45) is 0 Å². The monoisotopic (exact) mass is 422 g/mol. The Morgan fingerprint density at radius 3 is 2.47 bits per heavy atom. The third-order valence-electron chi connectivity index (χ3n) is 6.52. The van der Waals surface area contributed by atoms with Crippen molar-refractivity contribution in [3.63, 3.8) is 0 Å². The van der Waals surface area contributed by atoms with Crippen LogP contribution in [0.15, 0.2) is 47.8 Å². The lowest BCUT2D eigenvalue weighted by molar-refractivity contribution is 0.0998. The molecule has 1 aliphatic heterocycles. The lowest BCUT2D eigenvalue weighted by Gasteiger charge is -2.39. The van der Waals surface area contributed by atoms with Crippen LogP contribution in [0, 0.1) is 0 Å². The molecule has 1 aliphatic carbocycles. The summed E-state index contributed by atoms with van der Waals surface area (Å²) in [6.07, 6.45) is 6.30. The van der Waals surface area contributed by atoms with E-state index in [0.29, 0.717) is 6.04 Å². The number of hydrogen-bond donors (Lipinski definition) is 0. The molecule has 5 rings (SSSR count). The van der Waals surface area contributed by atoms with Crippen molar-refractivity contribution in [3.05, 3.63) is 64.1 Å². The first-order valence-electron chi connectivity index (χ1n) is 11.2. The Labute approximate surface area is 182 Å². The summed E-state index contributed by atoms with van der Waals surface area (Å²) in [7, 11) is 0. The van der Waals surface area contributed by atoms with Crippen molar-refractivity contribution in [3.8, 4) is 0 Å². The highest BCUT2D eigenvalue weighted by atomic mass is 32.1. The van der Waals surface area contributed by atoms with Gasteiger partial charge in [-0.1, -0.05) is 55.7 Å². The van der Waals surface area contributed by atoms with Crippen LogP contribution in [0.25, 0.3) is 0 Å². The van der Waals surface area contributed by atoms with Crippen LogP contribution in [0.4, 0.5) is 0 Å². The van der Waals surface area contributed by atoms with Gasteiger partial charge in [0, 0.05) is 37.6 Å². The van der Waals surface area contributed by atoms with Crippen LogP contribution in [-0.4, -0.2) is 56.2 Å². The Morgan fingerprint density at radius 2 is 1.73 bits per heavy atom. The molecule has 0 spiro atoms. The zero-order chi connectivity index (χ0) is 20.2. The molecule has 30 heavy (non-hydrogen) atoms. The second-order valence-corrected chi connectivity index (χ2v) is 9.47. The molecular weight excluding hydrogens is 392 g/mol. The molecule has 7 heteroatoms. The highest BCUT2D eigenvalue weighted by Gasteiger charge is 2.33. The molecule has 158 valence electrons. The summed E-state index contributed by atoms with van der Waals surface area (Å²) >= 11 is 1.82. The first-order chi connectivity index (χ1) is 14.9. The average Bonchev–Trinajstić information content (AvgIpc) is 3.50. The molecule has 1 unspecified atom stereocenters. The summed E-state index contributed by atoms with van der Waals surface area (Å²) in [4.78, 5) is 6.48. The quantitative estimate of drug-likeness (QED) is 0.597. The average molecular weight is 423 g/mol. The maximum atomic E-state index is 4.56. The van der Waals surface area contributed by atoms with E-state index < -0.39 is 0 Å². The highest BCUT2D eigenvalue weighted by Crippen LogP contribution is 2.35. The van der Waals surface area contributed by atoms with E-state index in [4.69, 9.17) is 0 Å². The van der Waals surface area contributed by atoms with Gasteiger partial charge in [0.1, 0.15) is 6.04 Å². The fourth-order valence-electron chi connectivity index (χ4n) is 4.90. The molecule has 1 aromatic carbocycles. The van der Waals surface area contributed by atoms with E-state index in [0.717, 1.165) is 38.5 Å². The minimum absolute atomic E-state index is 0.154. The largest absolute Gasteiger partial charge is 0.297 e. The summed E-state index contributed by atoms with van der Waals surface area (Å²) in [6.45, 7) is 5.24. The van der Waals surface area contributed by atoms with Gasteiger partial charge in [0.25, 0.3) is 0 Å². The number of piperazine rings is 1. The van der Waals surface area contributed by atoms with Gasteiger partial charge in [-0.25, -0.2) is 4.68 Å². The highest BCUT2D eigenvalue weighted by molar-refractivity contribution is 7.10. The van der Waals surface area contributed by atoms with Gasteiger partial charge in [-0.2, -0.15) is 0 Å². The number of rotatable bonds is 6. The predicted octanol–water partition coefficient (Wildman–Crippen LogP) is 4.15. The minimum atomic E-state index is 0.154. The number of hydrogen-bond acceptors (Lipinski definition) is 6. The van der Waals surface area contributed by atoms with Crippen molar-refractivity contribution < 1.29 is 0 Å². The van der Waals surface area contributed by atoms with Gasteiger partial charge in [-0.05, 0) is 40.3 Å². The maximum absolute atomic E-state index is 4.56.